The first-order chi connectivity index (χ1) is 21.5. The number of carbonyl (C=O) groups is 2. The van der Waals surface area contributed by atoms with Gasteiger partial charge in [-0.1, -0.05) is 74.5 Å². The zero-order valence-corrected chi connectivity index (χ0v) is 26.1. The Morgan fingerprint density at radius 1 is 0.659 bits per heavy atom. The Morgan fingerprint density at radius 2 is 1.11 bits per heavy atom. The molecular weight excluding hydrogens is 585 g/mol. The second-order valence-corrected chi connectivity index (χ2v) is 13.6. The summed E-state index contributed by atoms with van der Waals surface area (Å²) < 4.78 is 14.0. The maximum Gasteiger partial charge on any atom is 0.306 e. The second kappa shape index (κ2) is 10.7. The van der Waals surface area contributed by atoms with E-state index in [4.69, 9.17) is 9.47 Å². The van der Waals surface area contributed by atoms with Gasteiger partial charge in [0.25, 0.3) is 0 Å². The average Bonchev–Trinajstić information content (AvgIpc) is 3.62. The van der Waals surface area contributed by atoms with Gasteiger partial charge < -0.3 is 9.47 Å². The van der Waals surface area contributed by atoms with Crippen molar-refractivity contribution in [3.63, 3.8) is 0 Å². The molecule has 6 aromatic rings. The molecule has 0 radical (unpaired) electrons. The number of ether oxygens (including phenoxy) is 2. The van der Waals surface area contributed by atoms with Crippen LogP contribution < -0.4 is 0 Å². The zero-order valence-electron chi connectivity index (χ0n) is 24.5. The van der Waals surface area contributed by atoms with Crippen LogP contribution in [0, 0.1) is 0 Å². The van der Waals surface area contributed by atoms with Gasteiger partial charge in [-0.05, 0) is 46.5 Å². The summed E-state index contributed by atoms with van der Waals surface area (Å²) in [7, 11) is 0. The minimum atomic E-state index is -0.222. The van der Waals surface area contributed by atoms with Gasteiger partial charge in [0.05, 0.1) is 0 Å². The lowest BCUT2D eigenvalue weighted by molar-refractivity contribution is -0.149. The average molecular weight is 615 g/mol. The summed E-state index contributed by atoms with van der Waals surface area (Å²) in [6.07, 6.45) is 10.2. The Hall–Kier alpha value is -4.26. The molecule has 8 rings (SSSR count). The molecule has 2 unspecified atom stereocenters. The van der Waals surface area contributed by atoms with Gasteiger partial charge in [-0.3, -0.25) is 9.59 Å². The van der Waals surface area contributed by atoms with Gasteiger partial charge in [-0.25, -0.2) is 0 Å². The number of benzene rings is 4. The Balaban J connectivity index is 1.20. The summed E-state index contributed by atoms with van der Waals surface area (Å²) in [5.74, 6) is -0.328. The highest BCUT2D eigenvalue weighted by molar-refractivity contribution is 7.25. The highest BCUT2D eigenvalue weighted by atomic mass is 32.1. The monoisotopic (exact) mass is 614 g/mol. The van der Waals surface area contributed by atoms with E-state index in [0.29, 0.717) is 25.7 Å². The van der Waals surface area contributed by atoms with Gasteiger partial charge in [-0.2, -0.15) is 0 Å². The van der Waals surface area contributed by atoms with Crippen LogP contribution in [0.4, 0.5) is 0 Å². The molecule has 2 aliphatic carbocycles. The van der Waals surface area contributed by atoms with Gasteiger partial charge >= 0.3 is 11.9 Å². The fourth-order valence-electron chi connectivity index (χ4n) is 6.65. The van der Waals surface area contributed by atoms with Gasteiger partial charge in [-0.15, -0.1) is 22.7 Å². The van der Waals surface area contributed by atoms with Crippen LogP contribution in [-0.4, -0.2) is 11.9 Å². The first-order valence-electron chi connectivity index (χ1n) is 15.2. The quantitative estimate of drug-likeness (QED) is 0.175. The van der Waals surface area contributed by atoms with Crippen LogP contribution in [0.1, 0.15) is 74.0 Å². The molecule has 0 saturated heterocycles. The summed E-state index contributed by atoms with van der Waals surface area (Å²) in [5.41, 5.74) is 6.75. The van der Waals surface area contributed by atoms with Crippen molar-refractivity contribution in [1.29, 1.82) is 0 Å². The van der Waals surface area contributed by atoms with Crippen molar-refractivity contribution >= 4 is 77.7 Å². The Kier molecular flexibility index (Phi) is 6.65. The minimum absolute atomic E-state index is 0.164. The van der Waals surface area contributed by atoms with E-state index >= 15 is 0 Å². The third kappa shape index (κ3) is 4.39. The van der Waals surface area contributed by atoms with Crippen molar-refractivity contribution in [2.45, 2.75) is 51.7 Å². The second-order valence-electron chi connectivity index (χ2n) is 11.5. The number of thiophene rings is 2. The summed E-state index contributed by atoms with van der Waals surface area (Å²) in [5, 5.41) is 5.20. The van der Waals surface area contributed by atoms with Crippen molar-refractivity contribution in [3.8, 4) is 20.9 Å². The highest BCUT2D eigenvalue weighted by Gasteiger charge is 2.25. The molecule has 4 nitrogen and oxygen atoms in total. The summed E-state index contributed by atoms with van der Waals surface area (Å²) >= 11 is 3.68. The van der Waals surface area contributed by atoms with Crippen molar-refractivity contribution in [2.75, 3.05) is 0 Å². The molecule has 0 saturated carbocycles. The van der Waals surface area contributed by atoms with Crippen molar-refractivity contribution < 1.29 is 19.1 Å². The van der Waals surface area contributed by atoms with E-state index in [-0.39, 0.29) is 24.1 Å². The molecule has 0 spiro atoms. The molecule has 6 heteroatoms. The molecule has 2 atom stereocenters. The molecule has 0 fully saturated rings. The van der Waals surface area contributed by atoms with Crippen molar-refractivity contribution in [1.82, 2.24) is 0 Å². The number of hydrogen-bond acceptors (Lipinski definition) is 6. The predicted molar refractivity (Wildman–Crippen MR) is 182 cm³/mol. The van der Waals surface area contributed by atoms with Gasteiger partial charge in [0.2, 0.25) is 0 Å². The lowest BCUT2D eigenvalue weighted by atomic mass is 9.91. The minimum Gasteiger partial charge on any atom is -0.457 e. The fourth-order valence-corrected chi connectivity index (χ4v) is 9.04. The standard InChI is InChI=1S/C38H30O4S2/c1-3-33(39)41-29-9-5-7-21-19-23(11-13-25(21)29)37-27-15-17-32-36-28(16-18-31(43-37)35(27)36)38(44-32)24-12-14-26-22(20-24)8-6-10-30(26)42-34(40)4-2/h5-8,11-20,29-30H,3-4,9-10H2,1-2H3. The van der Waals surface area contributed by atoms with Crippen LogP contribution in [0.2, 0.25) is 0 Å². The van der Waals surface area contributed by atoms with Gasteiger partial charge in [0.1, 0.15) is 12.2 Å². The molecule has 0 amide bonds. The molecule has 2 heterocycles. The maximum atomic E-state index is 12.0. The van der Waals surface area contributed by atoms with Crippen molar-refractivity contribution in [2.24, 2.45) is 0 Å². The molecule has 44 heavy (non-hydrogen) atoms. The van der Waals surface area contributed by atoms with E-state index in [1.165, 1.54) is 51.8 Å². The number of carbonyl (C=O) groups excluding carboxylic acids is 2. The first-order valence-corrected chi connectivity index (χ1v) is 16.9. The molecule has 218 valence electrons. The van der Waals surface area contributed by atoms with Crippen LogP contribution in [0.15, 0.2) is 72.8 Å². The predicted octanol–water partition coefficient (Wildman–Crippen LogP) is 10.9. The molecule has 4 aromatic carbocycles. The topological polar surface area (TPSA) is 52.6 Å². The summed E-state index contributed by atoms with van der Waals surface area (Å²) in [6.45, 7) is 3.66. The van der Waals surface area contributed by atoms with E-state index in [0.717, 1.165) is 22.3 Å². The zero-order chi connectivity index (χ0) is 29.9. The van der Waals surface area contributed by atoms with Gasteiger partial charge in [0.15, 0.2) is 0 Å². The number of hydrogen-bond donors (Lipinski definition) is 0. The Bertz CT molecular complexity index is 2010. The van der Waals surface area contributed by atoms with Crippen LogP contribution in [0.5, 0.6) is 0 Å². The van der Waals surface area contributed by atoms with Crippen molar-refractivity contribution in [3.05, 3.63) is 95.1 Å². The van der Waals surface area contributed by atoms with Crippen LogP contribution >= 0.6 is 22.7 Å². The maximum absolute atomic E-state index is 12.0. The summed E-state index contributed by atoms with van der Waals surface area (Å²) in [4.78, 5) is 26.6. The van der Waals surface area contributed by atoms with E-state index in [2.05, 4.69) is 85.0 Å². The number of rotatable bonds is 6. The fraction of sp³-hybridized carbons (Fsp3) is 0.211. The van der Waals surface area contributed by atoms with Crippen LogP contribution in [0.25, 0.3) is 64.0 Å². The van der Waals surface area contributed by atoms with Gasteiger partial charge in [0, 0.05) is 77.5 Å². The molecule has 0 bridgehead atoms. The van der Waals surface area contributed by atoms with E-state index in [1.54, 1.807) is 0 Å². The molecule has 2 aromatic heterocycles. The smallest absolute Gasteiger partial charge is 0.306 e. The third-order valence-electron chi connectivity index (χ3n) is 8.81. The SMILES string of the molecule is CCC(=O)OC1CC=Cc2cc(-c3sc4ccc5c(-c6ccc7c(c6)C=CCC7OC(=O)CC)sc6ccc3c4c65)ccc21. The molecule has 0 aliphatic heterocycles. The largest absolute Gasteiger partial charge is 0.457 e. The molecular formula is C38H30O4S2. The Labute approximate surface area is 263 Å². The first kappa shape index (κ1) is 27.3. The number of fused-ring (bicyclic) bond motifs is 2. The molecule has 2 aliphatic rings. The van der Waals surface area contributed by atoms with Crippen LogP contribution in [0.3, 0.4) is 0 Å². The Morgan fingerprint density at radius 3 is 1.55 bits per heavy atom. The highest BCUT2D eigenvalue weighted by Crippen LogP contribution is 2.51. The lowest BCUT2D eigenvalue weighted by Crippen LogP contribution is -2.12. The van der Waals surface area contributed by atoms with E-state index in [9.17, 15) is 9.59 Å². The molecule has 0 N–H and O–H groups in total. The third-order valence-corrected chi connectivity index (χ3v) is 11.2. The number of esters is 2. The van der Waals surface area contributed by atoms with E-state index in [1.807, 2.05) is 36.5 Å². The lowest BCUT2D eigenvalue weighted by Gasteiger charge is -2.22. The normalized spacial score (nSPS) is 17.3. The van der Waals surface area contributed by atoms with E-state index < -0.39 is 0 Å². The van der Waals surface area contributed by atoms with Crippen LogP contribution in [-0.2, 0) is 19.1 Å². The summed E-state index contributed by atoms with van der Waals surface area (Å²) in [6, 6.07) is 22.2.